The van der Waals surface area contributed by atoms with Gasteiger partial charge in [-0.2, -0.15) is 9.97 Å². The SMILES string of the molecule is CCc1cccc2cc(O)cc(-c3ncc4c(N5CC6CCC(C5)N6)nc(OCC56CCCN5C(COC(=O)NC)CC6)nc4c3F)c12. The van der Waals surface area contributed by atoms with Crippen LogP contribution in [0.25, 0.3) is 32.9 Å². The van der Waals surface area contributed by atoms with Crippen LogP contribution in [0.15, 0.2) is 36.5 Å². The maximum atomic E-state index is 17.0. The van der Waals surface area contributed by atoms with Gasteiger partial charge in [-0.25, -0.2) is 9.18 Å². The summed E-state index contributed by atoms with van der Waals surface area (Å²) in [6.07, 6.45) is 7.96. The van der Waals surface area contributed by atoms with E-state index in [1.54, 1.807) is 25.4 Å². The lowest BCUT2D eigenvalue weighted by Crippen LogP contribution is -2.51. The van der Waals surface area contributed by atoms with Gasteiger partial charge in [0.2, 0.25) is 0 Å². The molecule has 4 aliphatic heterocycles. The second-order valence-corrected chi connectivity index (χ2v) is 13.8. The number of ether oxygens (including phenoxy) is 2. The molecule has 11 nitrogen and oxygen atoms in total. The number of aromatic nitrogens is 3. The van der Waals surface area contributed by atoms with E-state index in [9.17, 15) is 9.90 Å². The average Bonchev–Trinajstić information content (AvgIpc) is 3.78. The van der Waals surface area contributed by atoms with Crippen LogP contribution in [0.3, 0.4) is 0 Å². The van der Waals surface area contributed by atoms with Crippen LogP contribution in [-0.4, -0.2) is 94.6 Å². The lowest BCUT2D eigenvalue weighted by Gasteiger charge is -2.35. The number of aromatic hydroxyl groups is 1. The lowest BCUT2D eigenvalue weighted by molar-refractivity contribution is 0.0556. The third-order valence-electron chi connectivity index (χ3n) is 11.0. The Morgan fingerprint density at radius 1 is 1.17 bits per heavy atom. The molecule has 0 aliphatic carbocycles. The second-order valence-electron chi connectivity index (χ2n) is 13.8. The summed E-state index contributed by atoms with van der Waals surface area (Å²) in [5.41, 5.74) is 1.64. The summed E-state index contributed by atoms with van der Waals surface area (Å²) < 4.78 is 28.8. The van der Waals surface area contributed by atoms with Gasteiger partial charge in [-0.3, -0.25) is 9.88 Å². The normalized spacial score (nSPS) is 25.1. The molecule has 0 radical (unpaired) electrons. The van der Waals surface area contributed by atoms with Crippen LogP contribution in [0.1, 0.15) is 51.0 Å². The molecule has 4 saturated heterocycles. The number of pyridine rings is 1. The van der Waals surface area contributed by atoms with Crippen LogP contribution in [0.2, 0.25) is 0 Å². The highest BCUT2D eigenvalue weighted by molar-refractivity contribution is 6.01. The van der Waals surface area contributed by atoms with E-state index in [0.29, 0.717) is 42.1 Å². The molecule has 12 heteroatoms. The lowest BCUT2D eigenvalue weighted by atomic mass is 9.95. The van der Waals surface area contributed by atoms with Crippen molar-refractivity contribution in [1.82, 2.24) is 30.5 Å². The summed E-state index contributed by atoms with van der Waals surface area (Å²) in [4.78, 5) is 30.7. The minimum atomic E-state index is -0.565. The Morgan fingerprint density at radius 3 is 2.79 bits per heavy atom. The van der Waals surface area contributed by atoms with Crippen molar-refractivity contribution in [1.29, 1.82) is 0 Å². The van der Waals surface area contributed by atoms with Gasteiger partial charge in [-0.05, 0) is 80.0 Å². The van der Waals surface area contributed by atoms with Gasteiger partial charge in [0, 0.05) is 50.0 Å². The minimum Gasteiger partial charge on any atom is -0.508 e. The van der Waals surface area contributed by atoms with E-state index in [4.69, 9.17) is 19.4 Å². The molecule has 48 heavy (non-hydrogen) atoms. The van der Waals surface area contributed by atoms with Crippen molar-refractivity contribution >= 4 is 33.6 Å². The number of halogens is 1. The number of carbonyl (C=O) groups excluding carboxylic acids is 1. The molecule has 2 aromatic carbocycles. The van der Waals surface area contributed by atoms with E-state index in [0.717, 1.165) is 80.9 Å². The van der Waals surface area contributed by atoms with Crippen molar-refractivity contribution in [2.75, 3.05) is 44.8 Å². The van der Waals surface area contributed by atoms with E-state index in [-0.39, 0.29) is 34.6 Å². The first-order valence-electron chi connectivity index (χ1n) is 17.2. The number of carbonyl (C=O) groups is 1. The molecule has 3 N–H and O–H groups in total. The highest BCUT2D eigenvalue weighted by atomic mass is 19.1. The van der Waals surface area contributed by atoms with Crippen molar-refractivity contribution < 1.29 is 23.8 Å². The van der Waals surface area contributed by atoms with Crippen molar-refractivity contribution in [3.05, 3.63) is 47.9 Å². The number of piperazine rings is 1. The Balaban J connectivity index is 1.19. The second kappa shape index (κ2) is 12.3. The number of nitrogens with zero attached hydrogens (tertiary/aromatic N) is 5. The average molecular weight is 656 g/mol. The van der Waals surface area contributed by atoms with E-state index in [1.807, 2.05) is 18.2 Å². The topological polar surface area (TPSA) is 125 Å². The van der Waals surface area contributed by atoms with Crippen molar-refractivity contribution in [2.24, 2.45) is 0 Å². The van der Waals surface area contributed by atoms with Gasteiger partial charge in [0.05, 0.1) is 10.9 Å². The molecule has 252 valence electrons. The fourth-order valence-electron chi connectivity index (χ4n) is 8.69. The van der Waals surface area contributed by atoms with Gasteiger partial charge in [-0.1, -0.05) is 25.1 Å². The molecule has 4 aliphatic rings. The van der Waals surface area contributed by atoms with Crippen LogP contribution in [-0.2, 0) is 11.2 Å². The summed E-state index contributed by atoms with van der Waals surface area (Å²) in [7, 11) is 1.56. The monoisotopic (exact) mass is 655 g/mol. The molecular weight excluding hydrogens is 613 g/mol. The van der Waals surface area contributed by atoms with Gasteiger partial charge in [0.25, 0.3) is 0 Å². The maximum Gasteiger partial charge on any atom is 0.406 e. The van der Waals surface area contributed by atoms with Gasteiger partial charge in [0.1, 0.15) is 36.0 Å². The fraction of sp³-hybridized carbons (Fsp3) is 0.500. The Hall–Kier alpha value is -4.29. The maximum absolute atomic E-state index is 17.0. The summed E-state index contributed by atoms with van der Waals surface area (Å²) >= 11 is 0. The quantitative estimate of drug-likeness (QED) is 0.241. The van der Waals surface area contributed by atoms with E-state index in [1.165, 1.54) is 0 Å². The Labute approximate surface area is 278 Å². The van der Waals surface area contributed by atoms with Gasteiger partial charge < -0.3 is 30.1 Å². The standard InChI is InChI=1S/C36H42FN7O4/c1-3-21-6-4-7-22-14-26(45)15-27(29(21)22)31-30(37)32-28(16-39-31)33(43-17-23-8-9-24(18-43)40-23)42-34(41-32)48-20-36-11-5-13-44(36)25(10-12-36)19-47-35(46)38-2/h4,6-7,14-16,23-25,40,45H,3,5,8-13,17-20H2,1-2H3,(H,38,46). The van der Waals surface area contributed by atoms with Gasteiger partial charge in [0.15, 0.2) is 5.82 Å². The van der Waals surface area contributed by atoms with Crippen LogP contribution < -0.4 is 20.3 Å². The summed E-state index contributed by atoms with van der Waals surface area (Å²) in [6, 6.07) is 10.1. The van der Waals surface area contributed by atoms with Crippen LogP contribution in [0.5, 0.6) is 11.8 Å². The molecule has 2 aromatic heterocycles. The minimum absolute atomic E-state index is 0.0479. The number of alkyl carbamates (subject to hydrolysis) is 1. The summed E-state index contributed by atoms with van der Waals surface area (Å²) in [6.45, 7) is 5.16. The first kappa shape index (κ1) is 31.0. The number of anilines is 1. The smallest absolute Gasteiger partial charge is 0.406 e. The summed E-state index contributed by atoms with van der Waals surface area (Å²) in [5, 5.41) is 19.1. The first-order valence-corrected chi connectivity index (χ1v) is 17.2. The molecule has 4 aromatic rings. The van der Waals surface area contributed by atoms with E-state index in [2.05, 4.69) is 32.3 Å². The van der Waals surface area contributed by atoms with Gasteiger partial charge in [-0.15, -0.1) is 0 Å². The van der Waals surface area contributed by atoms with Gasteiger partial charge >= 0.3 is 12.1 Å². The Morgan fingerprint density at radius 2 is 2.00 bits per heavy atom. The van der Waals surface area contributed by atoms with Crippen LogP contribution >= 0.6 is 0 Å². The van der Waals surface area contributed by atoms with Crippen molar-refractivity contribution in [2.45, 2.75) is 75.5 Å². The third kappa shape index (κ3) is 5.35. The number of hydrogen-bond donors (Lipinski definition) is 3. The first-order chi connectivity index (χ1) is 23.4. The largest absolute Gasteiger partial charge is 0.508 e. The highest BCUT2D eigenvalue weighted by Crippen LogP contribution is 2.43. The molecule has 1 amide bonds. The number of benzene rings is 2. The Bertz CT molecular complexity index is 1880. The van der Waals surface area contributed by atoms with Crippen molar-refractivity contribution in [3.63, 3.8) is 0 Å². The molecule has 6 heterocycles. The zero-order valence-electron chi connectivity index (χ0n) is 27.5. The number of amides is 1. The van der Waals surface area contributed by atoms with E-state index < -0.39 is 11.9 Å². The third-order valence-corrected chi connectivity index (χ3v) is 11.0. The molecule has 4 atom stereocenters. The molecule has 4 fully saturated rings. The number of fused-ring (bicyclic) bond motifs is 5. The predicted molar refractivity (Wildman–Crippen MR) is 181 cm³/mol. The number of nitrogens with one attached hydrogen (secondary N) is 2. The predicted octanol–water partition coefficient (Wildman–Crippen LogP) is 4.92. The molecule has 0 spiro atoms. The zero-order chi connectivity index (χ0) is 33.0. The molecule has 8 rings (SSSR count). The number of aryl methyl sites for hydroxylation is 1. The fourth-order valence-corrected chi connectivity index (χ4v) is 8.69. The van der Waals surface area contributed by atoms with Crippen LogP contribution in [0.4, 0.5) is 15.0 Å². The Kier molecular flexibility index (Phi) is 7.95. The molecular formula is C36H42FN7O4. The highest BCUT2D eigenvalue weighted by Gasteiger charge is 2.50. The summed E-state index contributed by atoms with van der Waals surface area (Å²) in [5.74, 6) is 0.113. The zero-order valence-corrected chi connectivity index (χ0v) is 27.5. The molecule has 4 unspecified atom stereocenters. The number of phenols is 1. The van der Waals surface area contributed by atoms with E-state index >= 15 is 4.39 Å². The molecule has 0 saturated carbocycles. The number of rotatable bonds is 8. The number of hydrogen-bond acceptors (Lipinski definition) is 10. The molecule has 2 bridgehead atoms. The van der Waals surface area contributed by atoms with Crippen molar-refractivity contribution in [3.8, 4) is 23.0 Å². The number of phenolic OH excluding ortho intramolecular Hbond substituents is 1. The van der Waals surface area contributed by atoms with Crippen LogP contribution in [0, 0.1) is 5.82 Å².